The average Bonchev–Trinajstić information content (AvgIpc) is 2.41. The number of aryl methyl sites for hydroxylation is 1. The lowest BCUT2D eigenvalue weighted by Gasteiger charge is -2.38. The van der Waals surface area contributed by atoms with E-state index in [9.17, 15) is 4.79 Å². The molecule has 2 N–H and O–H groups in total. The number of carboxylic acid groups (broad SMARTS) is 1. The number of hydrogen-bond donors (Lipinski definition) is 2. The Labute approximate surface area is 120 Å². The van der Waals surface area contributed by atoms with Crippen molar-refractivity contribution in [2.24, 2.45) is 0 Å². The second-order valence-corrected chi connectivity index (χ2v) is 5.82. The van der Waals surface area contributed by atoms with Gasteiger partial charge in [0.05, 0.1) is 11.2 Å². The first-order chi connectivity index (χ1) is 9.43. The van der Waals surface area contributed by atoms with Crippen LogP contribution in [0.4, 0.5) is 5.69 Å². The van der Waals surface area contributed by atoms with Crippen LogP contribution in [0.2, 0.25) is 0 Å². The van der Waals surface area contributed by atoms with E-state index in [4.69, 9.17) is 9.84 Å². The van der Waals surface area contributed by atoms with Gasteiger partial charge in [0.15, 0.2) is 0 Å². The third kappa shape index (κ3) is 3.31. The summed E-state index contributed by atoms with van der Waals surface area (Å²) in [5.41, 5.74) is 2.23. The Kier molecular flexibility index (Phi) is 4.33. The van der Waals surface area contributed by atoms with E-state index < -0.39 is 5.97 Å². The van der Waals surface area contributed by atoms with Gasteiger partial charge in [-0.15, -0.1) is 0 Å². The van der Waals surface area contributed by atoms with Crippen molar-refractivity contribution in [1.29, 1.82) is 0 Å². The molecule has 1 aliphatic rings. The molecule has 2 atom stereocenters. The highest BCUT2D eigenvalue weighted by Gasteiger charge is 2.31. The van der Waals surface area contributed by atoms with E-state index in [1.165, 1.54) is 0 Å². The Morgan fingerprint density at radius 2 is 2.30 bits per heavy atom. The molecule has 0 aromatic heterocycles. The van der Waals surface area contributed by atoms with Crippen LogP contribution in [0.25, 0.3) is 0 Å². The second-order valence-electron chi connectivity index (χ2n) is 5.82. The summed E-state index contributed by atoms with van der Waals surface area (Å²) in [5.74, 6) is -0.890. The molecule has 1 saturated heterocycles. The smallest absolute Gasteiger partial charge is 0.335 e. The molecule has 1 aromatic carbocycles. The molecule has 4 nitrogen and oxygen atoms in total. The van der Waals surface area contributed by atoms with Gasteiger partial charge in [-0.1, -0.05) is 13.0 Å². The van der Waals surface area contributed by atoms with Crippen LogP contribution in [0, 0.1) is 6.92 Å². The fraction of sp³-hybridized carbons (Fsp3) is 0.562. The molecule has 2 rings (SSSR count). The molecule has 2 unspecified atom stereocenters. The molecule has 1 heterocycles. The highest BCUT2D eigenvalue weighted by atomic mass is 16.5. The average molecular weight is 277 g/mol. The zero-order valence-corrected chi connectivity index (χ0v) is 12.4. The normalized spacial score (nSPS) is 26.2. The monoisotopic (exact) mass is 277 g/mol. The molecule has 0 aliphatic carbocycles. The molecule has 0 bridgehead atoms. The summed E-state index contributed by atoms with van der Waals surface area (Å²) in [4.78, 5) is 11.1. The van der Waals surface area contributed by atoms with Gasteiger partial charge < -0.3 is 15.2 Å². The van der Waals surface area contributed by atoms with Crippen LogP contribution in [0.1, 0.15) is 49.0 Å². The van der Waals surface area contributed by atoms with E-state index in [0.29, 0.717) is 11.6 Å². The van der Waals surface area contributed by atoms with Crippen molar-refractivity contribution in [3.63, 3.8) is 0 Å². The highest BCUT2D eigenvalue weighted by molar-refractivity contribution is 5.89. The number of aromatic carboxylic acids is 1. The van der Waals surface area contributed by atoms with Gasteiger partial charge in [-0.05, 0) is 50.8 Å². The Bertz CT molecular complexity index is 500. The zero-order valence-electron chi connectivity index (χ0n) is 12.4. The van der Waals surface area contributed by atoms with E-state index >= 15 is 0 Å². The maximum absolute atomic E-state index is 11.1. The van der Waals surface area contributed by atoms with Gasteiger partial charge in [0, 0.05) is 18.3 Å². The summed E-state index contributed by atoms with van der Waals surface area (Å²) < 4.78 is 5.84. The topological polar surface area (TPSA) is 58.6 Å². The fourth-order valence-corrected chi connectivity index (χ4v) is 2.63. The predicted molar refractivity (Wildman–Crippen MR) is 79.4 cm³/mol. The van der Waals surface area contributed by atoms with E-state index in [1.807, 2.05) is 13.0 Å². The number of ether oxygens (including phenoxy) is 1. The predicted octanol–water partition coefficient (Wildman–Crippen LogP) is 3.45. The number of nitrogens with one attached hydrogen (secondary N) is 1. The van der Waals surface area contributed by atoms with E-state index in [1.54, 1.807) is 12.1 Å². The Balaban J connectivity index is 2.13. The van der Waals surface area contributed by atoms with Crippen molar-refractivity contribution >= 4 is 11.7 Å². The Hall–Kier alpha value is -1.55. The largest absolute Gasteiger partial charge is 0.478 e. The van der Waals surface area contributed by atoms with Crippen molar-refractivity contribution < 1.29 is 14.6 Å². The third-order valence-corrected chi connectivity index (χ3v) is 4.19. The van der Waals surface area contributed by atoms with Crippen LogP contribution in [0.5, 0.6) is 0 Å². The third-order valence-electron chi connectivity index (χ3n) is 4.19. The van der Waals surface area contributed by atoms with Crippen molar-refractivity contribution in [1.82, 2.24) is 0 Å². The van der Waals surface area contributed by atoms with E-state index in [2.05, 4.69) is 19.2 Å². The van der Waals surface area contributed by atoms with Gasteiger partial charge in [0.2, 0.25) is 0 Å². The standard InChI is InChI=1S/C16H23NO3/c1-4-16(3)10-13(7-8-20-16)17-14-9-12(15(18)19)6-5-11(14)2/h5-6,9,13,17H,4,7-8,10H2,1-3H3,(H,18,19). The van der Waals surface area contributed by atoms with Crippen LogP contribution < -0.4 is 5.32 Å². The molecule has 0 amide bonds. The molecule has 1 aliphatic heterocycles. The van der Waals surface area contributed by atoms with Gasteiger partial charge in [-0.25, -0.2) is 4.79 Å². The van der Waals surface area contributed by atoms with Crippen LogP contribution in [-0.4, -0.2) is 29.3 Å². The molecule has 4 heteroatoms. The molecule has 20 heavy (non-hydrogen) atoms. The summed E-state index contributed by atoms with van der Waals surface area (Å²) >= 11 is 0. The maximum Gasteiger partial charge on any atom is 0.335 e. The first-order valence-corrected chi connectivity index (χ1v) is 7.18. The van der Waals surface area contributed by atoms with Crippen molar-refractivity contribution in [2.75, 3.05) is 11.9 Å². The van der Waals surface area contributed by atoms with E-state index in [0.717, 1.165) is 37.1 Å². The number of rotatable bonds is 4. The molecule has 0 saturated carbocycles. The molecule has 110 valence electrons. The first kappa shape index (κ1) is 14.9. The van der Waals surface area contributed by atoms with Gasteiger partial charge in [-0.2, -0.15) is 0 Å². The molecular weight excluding hydrogens is 254 g/mol. The van der Waals surface area contributed by atoms with Gasteiger partial charge in [0.1, 0.15) is 0 Å². The summed E-state index contributed by atoms with van der Waals surface area (Å²) in [6.07, 6.45) is 2.88. The Morgan fingerprint density at radius 1 is 1.55 bits per heavy atom. The quantitative estimate of drug-likeness (QED) is 0.885. The minimum atomic E-state index is -0.890. The number of hydrogen-bond acceptors (Lipinski definition) is 3. The zero-order chi connectivity index (χ0) is 14.8. The minimum Gasteiger partial charge on any atom is -0.478 e. The summed E-state index contributed by atoms with van der Waals surface area (Å²) in [5, 5.41) is 12.6. The lowest BCUT2D eigenvalue weighted by Crippen LogP contribution is -2.42. The van der Waals surface area contributed by atoms with Gasteiger partial charge >= 0.3 is 5.97 Å². The molecule has 1 fully saturated rings. The van der Waals surface area contributed by atoms with Crippen molar-refractivity contribution in [2.45, 2.75) is 51.7 Å². The van der Waals surface area contributed by atoms with Crippen LogP contribution in [0.3, 0.4) is 0 Å². The Morgan fingerprint density at radius 3 is 2.95 bits per heavy atom. The van der Waals surface area contributed by atoms with Crippen LogP contribution in [0.15, 0.2) is 18.2 Å². The van der Waals surface area contributed by atoms with Gasteiger partial charge in [0.25, 0.3) is 0 Å². The number of anilines is 1. The summed E-state index contributed by atoms with van der Waals surface area (Å²) in [7, 11) is 0. The molecule has 0 radical (unpaired) electrons. The lowest BCUT2D eigenvalue weighted by molar-refractivity contribution is -0.0708. The summed E-state index contributed by atoms with van der Waals surface area (Å²) in [6, 6.07) is 5.54. The number of carboxylic acids is 1. The molecular formula is C16H23NO3. The van der Waals surface area contributed by atoms with Crippen LogP contribution >= 0.6 is 0 Å². The minimum absolute atomic E-state index is 0.0752. The highest BCUT2D eigenvalue weighted by Crippen LogP contribution is 2.30. The molecule has 0 spiro atoms. The van der Waals surface area contributed by atoms with E-state index in [-0.39, 0.29) is 5.60 Å². The van der Waals surface area contributed by atoms with Gasteiger partial charge in [-0.3, -0.25) is 0 Å². The maximum atomic E-state index is 11.1. The second kappa shape index (κ2) is 5.83. The van der Waals surface area contributed by atoms with Crippen molar-refractivity contribution in [3.05, 3.63) is 29.3 Å². The molecule has 1 aromatic rings. The van der Waals surface area contributed by atoms with Crippen LogP contribution in [-0.2, 0) is 4.74 Å². The lowest BCUT2D eigenvalue weighted by atomic mass is 9.89. The number of carbonyl (C=O) groups is 1. The first-order valence-electron chi connectivity index (χ1n) is 7.18. The fourth-order valence-electron chi connectivity index (χ4n) is 2.63. The summed E-state index contributed by atoms with van der Waals surface area (Å²) in [6.45, 7) is 7.02. The number of benzene rings is 1. The van der Waals surface area contributed by atoms with Crippen molar-refractivity contribution in [3.8, 4) is 0 Å². The SMILES string of the molecule is CCC1(C)CC(Nc2cc(C(=O)O)ccc2C)CCO1.